The van der Waals surface area contributed by atoms with Gasteiger partial charge in [-0.2, -0.15) is 0 Å². The minimum absolute atomic E-state index is 0.458. The smallest absolute Gasteiger partial charge is 0.379 e. The first kappa shape index (κ1) is 16.2. The molecule has 24 heavy (non-hydrogen) atoms. The summed E-state index contributed by atoms with van der Waals surface area (Å²) in [6, 6.07) is 6.19. The highest BCUT2D eigenvalue weighted by atomic mass is 16.5. The second-order valence-electron chi connectivity index (χ2n) is 6.17. The number of hydrogen-bond acceptors (Lipinski definition) is 3. The number of ketones is 1. The molecule has 3 rings (SSSR count). The molecule has 3 atom stereocenters. The van der Waals surface area contributed by atoms with Crippen molar-refractivity contribution in [2.75, 3.05) is 0 Å². The third-order valence-electron chi connectivity index (χ3n) is 4.48. The quantitative estimate of drug-likeness (QED) is 0.359. The largest absolute Gasteiger partial charge is 0.452 e. The summed E-state index contributed by atoms with van der Waals surface area (Å²) in [4.78, 5) is 23.4. The number of allylic oxidation sites excluding steroid dienone is 4. The van der Waals surface area contributed by atoms with E-state index >= 15 is 0 Å². The van der Waals surface area contributed by atoms with Gasteiger partial charge < -0.3 is 4.74 Å². The second-order valence-corrected chi connectivity index (χ2v) is 6.17. The predicted molar refractivity (Wildman–Crippen MR) is 94.4 cm³/mol. The van der Waals surface area contributed by atoms with Crippen molar-refractivity contribution in [3.05, 3.63) is 77.9 Å². The molecule has 0 fully saturated rings. The van der Waals surface area contributed by atoms with Crippen LogP contribution in [0.15, 0.2) is 61.2 Å². The summed E-state index contributed by atoms with van der Waals surface area (Å²) in [7, 11) is 0. The van der Waals surface area contributed by atoms with Crippen LogP contribution in [0.1, 0.15) is 29.5 Å². The third-order valence-corrected chi connectivity index (χ3v) is 4.48. The molecule has 0 heterocycles. The molecule has 0 spiro atoms. The van der Waals surface area contributed by atoms with Gasteiger partial charge in [-0.1, -0.05) is 61.2 Å². The number of hydrogen-bond donors (Lipinski definition) is 0. The molecule has 3 unspecified atom stereocenters. The number of fused-ring (bicyclic) bond motifs is 3. The normalized spacial score (nSPS) is 22.0. The minimum atomic E-state index is -0.860. The molecule has 1 aromatic rings. The Morgan fingerprint density at radius 3 is 2.88 bits per heavy atom. The highest BCUT2D eigenvalue weighted by Crippen LogP contribution is 2.41. The molecule has 1 aromatic carbocycles. The van der Waals surface area contributed by atoms with Crippen LogP contribution in [0.4, 0.5) is 0 Å². The molecule has 3 nitrogen and oxygen atoms in total. The lowest BCUT2D eigenvalue weighted by Gasteiger charge is -2.15. The first-order valence-electron chi connectivity index (χ1n) is 8.12. The summed E-state index contributed by atoms with van der Waals surface area (Å²) in [6.45, 7) is 5.17. The number of carbonyl (C=O) groups is 2. The molecule has 0 amide bonds. The van der Waals surface area contributed by atoms with Crippen LogP contribution in [0, 0.1) is 5.92 Å². The van der Waals surface area contributed by atoms with E-state index in [1.807, 2.05) is 6.07 Å². The van der Waals surface area contributed by atoms with Crippen molar-refractivity contribution in [3.8, 4) is 0 Å². The molecule has 0 bridgehead atoms. The van der Waals surface area contributed by atoms with E-state index in [0.717, 1.165) is 12.0 Å². The fourth-order valence-corrected chi connectivity index (χ4v) is 3.18. The first-order chi connectivity index (χ1) is 11.6. The Hall–Kier alpha value is -2.68. The second kappa shape index (κ2) is 6.83. The Bertz CT molecular complexity index is 767. The Labute approximate surface area is 142 Å². The zero-order valence-electron chi connectivity index (χ0n) is 13.6. The van der Waals surface area contributed by atoms with Gasteiger partial charge in [0.2, 0.25) is 0 Å². The van der Waals surface area contributed by atoms with Crippen molar-refractivity contribution in [3.63, 3.8) is 0 Å². The van der Waals surface area contributed by atoms with Gasteiger partial charge >= 0.3 is 5.97 Å². The van der Waals surface area contributed by atoms with Crippen LogP contribution in [0.25, 0.3) is 6.08 Å². The molecule has 0 N–H and O–H groups in total. The molecule has 2 aliphatic carbocycles. The van der Waals surface area contributed by atoms with Crippen molar-refractivity contribution in [1.82, 2.24) is 0 Å². The Morgan fingerprint density at radius 2 is 2.08 bits per heavy atom. The zero-order valence-corrected chi connectivity index (χ0v) is 13.6. The zero-order chi connectivity index (χ0) is 17.1. The van der Waals surface area contributed by atoms with E-state index in [4.69, 9.17) is 4.74 Å². The van der Waals surface area contributed by atoms with Gasteiger partial charge in [0.05, 0.1) is 0 Å². The number of ether oxygens (including phenoxy) is 1. The molecule has 122 valence electrons. The van der Waals surface area contributed by atoms with Gasteiger partial charge in [-0.05, 0) is 42.0 Å². The molecule has 0 radical (unpaired) electrons. The van der Waals surface area contributed by atoms with Crippen LogP contribution < -0.4 is 0 Å². The lowest BCUT2D eigenvalue weighted by molar-refractivity contribution is -0.153. The summed E-state index contributed by atoms with van der Waals surface area (Å²) >= 11 is 0. The monoisotopic (exact) mass is 320 g/mol. The van der Waals surface area contributed by atoms with Crippen LogP contribution >= 0.6 is 0 Å². The van der Waals surface area contributed by atoms with Gasteiger partial charge in [0, 0.05) is 5.92 Å². The predicted octanol–water partition coefficient (Wildman–Crippen LogP) is 3.77. The van der Waals surface area contributed by atoms with Crippen molar-refractivity contribution in [2.24, 2.45) is 5.92 Å². The molecule has 0 saturated heterocycles. The number of esters is 1. The maximum absolute atomic E-state index is 11.8. The maximum atomic E-state index is 11.8. The van der Waals surface area contributed by atoms with Crippen LogP contribution in [0.5, 0.6) is 0 Å². The molecule has 3 heteroatoms. The molecule has 2 aliphatic rings. The fraction of sp³-hybridized carbons (Fsp3) is 0.238. The fourth-order valence-electron chi connectivity index (χ4n) is 3.18. The van der Waals surface area contributed by atoms with E-state index in [9.17, 15) is 9.59 Å². The first-order valence-corrected chi connectivity index (χ1v) is 8.12. The van der Waals surface area contributed by atoms with Crippen LogP contribution in [-0.4, -0.2) is 17.9 Å². The molecule has 0 aromatic heterocycles. The summed E-state index contributed by atoms with van der Waals surface area (Å²) in [5.41, 5.74) is 3.57. The van der Waals surface area contributed by atoms with Crippen molar-refractivity contribution in [2.45, 2.75) is 25.4 Å². The van der Waals surface area contributed by atoms with E-state index in [1.54, 1.807) is 13.0 Å². The van der Waals surface area contributed by atoms with E-state index in [2.05, 4.69) is 43.0 Å². The number of carbonyl (C=O) groups excluding carboxylic acids is 2. The lowest BCUT2D eigenvalue weighted by atomic mass is 9.89. The lowest BCUT2D eigenvalue weighted by Crippen LogP contribution is -2.19. The SMILES string of the molecule is C=CC(C)OC(=O)C(=O)/C=C/c1ccc2c(c1)CC1C=CC=CC21. The van der Waals surface area contributed by atoms with Crippen molar-refractivity contribution < 1.29 is 14.3 Å². The summed E-state index contributed by atoms with van der Waals surface area (Å²) < 4.78 is 4.91. The van der Waals surface area contributed by atoms with Crippen LogP contribution in [0.2, 0.25) is 0 Å². The number of benzene rings is 1. The minimum Gasteiger partial charge on any atom is -0.452 e. The van der Waals surface area contributed by atoms with Gasteiger partial charge in [-0.25, -0.2) is 4.79 Å². The van der Waals surface area contributed by atoms with Gasteiger partial charge in [-0.15, -0.1) is 0 Å². The van der Waals surface area contributed by atoms with Crippen LogP contribution in [-0.2, 0) is 20.7 Å². The van der Waals surface area contributed by atoms with Gasteiger partial charge in [0.15, 0.2) is 0 Å². The summed E-state index contributed by atoms with van der Waals surface area (Å²) in [5, 5.41) is 0. The Balaban J connectivity index is 1.70. The highest BCUT2D eigenvalue weighted by molar-refractivity contribution is 6.39. The molecule has 0 saturated carbocycles. The Kier molecular flexibility index (Phi) is 4.61. The summed E-state index contributed by atoms with van der Waals surface area (Å²) in [6.07, 6.45) is 13.6. The average Bonchev–Trinajstić information content (AvgIpc) is 2.97. The van der Waals surface area contributed by atoms with E-state index in [1.165, 1.54) is 23.3 Å². The maximum Gasteiger partial charge on any atom is 0.379 e. The van der Waals surface area contributed by atoms with Crippen molar-refractivity contribution >= 4 is 17.8 Å². The van der Waals surface area contributed by atoms with Gasteiger partial charge in [0.25, 0.3) is 5.78 Å². The van der Waals surface area contributed by atoms with Gasteiger partial charge in [0.1, 0.15) is 6.10 Å². The van der Waals surface area contributed by atoms with E-state index in [-0.39, 0.29) is 0 Å². The molecular formula is C21H20O3. The van der Waals surface area contributed by atoms with E-state index < -0.39 is 17.9 Å². The van der Waals surface area contributed by atoms with E-state index in [0.29, 0.717) is 11.8 Å². The van der Waals surface area contributed by atoms with Crippen molar-refractivity contribution in [1.29, 1.82) is 0 Å². The van der Waals surface area contributed by atoms with Gasteiger partial charge in [-0.3, -0.25) is 4.79 Å². The topological polar surface area (TPSA) is 43.4 Å². The Morgan fingerprint density at radius 1 is 1.29 bits per heavy atom. The van der Waals surface area contributed by atoms with Crippen LogP contribution in [0.3, 0.4) is 0 Å². The highest BCUT2D eigenvalue weighted by Gasteiger charge is 2.29. The molecule has 0 aliphatic heterocycles. The standard InChI is InChI=1S/C21H20O3/c1-3-14(2)24-21(23)20(22)11-9-15-8-10-19-17(12-15)13-16-6-4-5-7-18(16)19/h3-12,14,16,18H,1,13H2,2H3/b11-9+. The molecular weight excluding hydrogens is 300 g/mol. The average molecular weight is 320 g/mol. The summed E-state index contributed by atoms with van der Waals surface area (Å²) in [5.74, 6) is -0.536. The third kappa shape index (κ3) is 3.30. The number of rotatable bonds is 5.